The minimum Gasteiger partial charge on any atom is -0.391 e. The lowest BCUT2D eigenvalue weighted by Gasteiger charge is -2.08. The number of anilines is 2. The molecule has 0 atom stereocenters. The Bertz CT molecular complexity index is 677. The summed E-state index contributed by atoms with van der Waals surface area (Å²) in [7, 11) is 0. The second kappa shape index (κ2) is 4.97. The number of nitrogen functional groups attached to an aromatic ring is 1. The summed E-state index contributed by atoms with van der Waals surface area (Å²) >= 11 is 5.98. The molecule has 18 heavy (non-hydrogen) atoms. The number of nitrogens with two attached hydrogens (primary N) is 1. The number of rotatable bonds is 3. The van der Waals surface area contributed by atoms with E-state index in [1.165, 1.54) is 0 Å². The van der Waals surface area contributed by atoms with Crippen LogP contribution in [0.2, 0.25) is 5.02 Å². The lowest BCUT2D eigenvalue weighted by atomic mass is 10.2. The highest BCUT2D eigenvalue weighted by Gasteiger charge is 2.06. The van der Waals surface area contributed by atoms with Crippen molar-refractivity contribution in [3.63, 3.8) is 0 Å². The molecule has 0 fully saturated rings. The Morgan fingerprint density at radius 3 is 2.67 bits per heavy atom. The topological polar surface area (TPSA) is 104 Å². The fraction of sp³-hybridized carbons (Fsp3) is 0.0909. The van der Waals surface area contributed by atoms with E-state index < -0.39 is 11.2 Å². The van der Waals surface area contributed by atoms with Crippen molar-refractivity contribution in [2.75, 3.05) is 11.1 Å². The maximum atomic E-state index is 11.3. The fourth-order valence-corrected chi connectivity index (χ4v) is 1.66. The van der Waals surface area contributed by atoms with E-state index in [0.29, 0.717) is 11.6 Å². The molecule has 0 aliphatic rings. The number of benzene rings is 1. The smallest absolute Gasteiger partial charge is 0.327 e. The number of aromatic nitrogens is 2. The maximum Gasteiger partial charge on any atom is 0.327 e. The van der Waals surface area contributed by atoms with Gasteiger partial charge in [0.25, 0.3) is 5.56 Å². The van der Waals surface area contributed by atoms with Crippen LogP contribution in [0, 0.1) is 0 Å². The SMILES string of the molecule is Nc1c(NCc2ccccc2Cl)[nH]c(=O)[nH]c1=O. The van der Waals surface area contributed by atoms with Crippen LogP contribution < -0.4 is 22.3 Å². The number of H-pyrrole nitrogens is 2. The van der Waals surface area contributed by atoms with Gasteiger partial charge in [-0.2, -0.15) is 0 Å². The molecule has 0 spiro atoms. The average molecular weight is 267 g/mol. The first-order valence-corrected chi connectivity index (χ1v) is 5.55. The summed E-state index contributed by atoms with van der Waals surface area (Å²) in [5.41, 5.74) is 5.07. The lowest BCUT2D eigenvalue weighted by molar-refractivity contribution is 1.01. The van der Waals surface area contributed by atoms with Gasteiger partial charge >= 0.3 is 5.69 Å². The fourth-order valence-electron chi connectivity index (χ4n) is 1.46. The summed E-state index contributed by atoms with van der Waals surface area (Å²) in [6, 6.07) is 7.24. The van der Waals surface area contributed by atoms with Gasteiger partial charge in [0.05, 0.1) is 0 Å². The number of hydrogen-bond donors (Lipinski definition) is 4. The standard InChI is InChI=1S/C11H11ClN4O2/c12-7-4-2-1-3-6(7)5-14-9-8(13)10(17)16-11(18)15-9/h1-4H,5,13H2,(H3,14,15,16,17,18). The van der Waals surface area contributed by atoms with Crippen molar-refractivity contribution in [2.24, 2.45) is 0 Å². The second-order valence-corrected chi connectivity index (χ2v) is 4.05. The molecular formula is C11H11ClN4O2. The van der Waals surface area contributed by atoms with Crippen LogP contribution in [0.25, 0.3) is 0 Å². The Morgan fingerprint density at radius 1 is 1.22 bits per heavy atom. The molecule has 0 radical (unpaired) electrons. The Labute approximate surface area is 107 Å². The molecule has 2 aromatic rings. The number of halogens is 1. The first-order chi connectivity index (χ1) is 8.58. The van der Waals surface area contributed by atoms with Crippen molar-refractivity contribution in [3.8, 4) is 0 Å². The van der Waals surface area contributed by atoms with Crippen molar-refractivity contribution in [3.05, 3.63) is 55.7 Å². The number of hydrogen-bond acceptors (Lipinski definition) is 4. The van der Waals surface area contributed by atoms with Gasteiger partial charge in [-0.05, 0) is 11.6 Å². The zero-order chi connectivity index (χ0) is 13.1. The molecule has 5 N–H and O–H groups in total. The van der Waals surface area contributed by atoms with Gasteiger partial charge in [-0.25, -0.2) is 4.79 Å². The van der Waals surface area contributed by atoms with Gasteiger partial charge in [-0.1, -0.05) is 29.8 Å². The molecule has 0 saturated carbocycles. The van der Waals surface area contributed by atoms with Crippen LogP contribution in [-0.2, 0) is 6.54 Å². The monoisotopic (exact) mass is 266 g/mol. The van der Waals surface area contributed by atoms with E-state index in [0.717, 1.165) is 5.56 Å². The van der Waals surface area contributed by atoms with Crippen LogP contribution in [-0.4, -0.2) is 9.97 Å². The van der Waals surface area contributed by atoms with Gasteiger partial charge in [0, 0.05) is 11.6 Å². The Morgan fingerprint density at radius 2 is 1.94 bits per heavy atom. The zero-order valence-electron chi connectivity index (χ0n) is 9.29. The van der Waals surface area contributed by atoms with Crippen molar-refractivity contribution in [2.45, 2.75) is 6.54 Å². The third-order valence-electron chi connectivity index (χ3n) is 2.39. The highest BCUT2D eigenvalue weighted by molar-refractivity contribution is 6.31. The molecule has 1 aromatic heterocycles. The van der Waals surface area contributed by atoms with Gasteiger partial charge in [0.15, 0.2) is 0 Å². The molecule has 0 unspecified atom stereocenters. The molecule has 7 heteroatoms. The molecule has 0 bridgehead atoms. The molecule has 1 aromatic carbocycles. The second-order valence-electron chi connectivity index (χ2n) is 3.64. The molecule has 6 nitrogen and oxygen atoms in total. The summed E-state index contributed by atoms with van der Waals surface area (Å²) in [4.78, 5) is 26.8. The van der Waals surface area contributed by atoms with Crippen molar-refractivity contribution in [1.29, 1.82) is 0 Å². The quantitative estimate of drug-likeness (QED) is 0.663. The molecule has 0 aliphatic heterocycles. The van der Waals surface area contributed by atoms with Crippen LogP contribution >= 0.6 is 11.6 Å². The Balaban J connectivity index is 2.24. The highest BCUT2D eigenvalue weighted by atomic mass is 35.5. The molecule has 94 valence electrons. The predicted molar refractivity (Wildman–Crippen MR) is 70.9 cm³/mol. The lowest BCUT2D eigenvalue weighted by Crippen LogP contribution is -2.26. The van der Waals surface area contributed by atoms with E-state index >= 15 is 0 Å². The van der Waals surface area contributed by atoms with Crippen LogP contribution in [0.15, 0.2) is 33.9 Å². The van der Waals surface area contributed by atoms with Crippen LogP contribution in [0.5, 0.6) is 0 Å². The van der Waals surface area contributed by atoms with E-state index in [-0.39, 0.29) is 11.5 Å². The van der Waals surface area contributed by atoms with Gasteiger partial charge in [-0.15, -0.1) is 0 Å². The van der Waals surface area contributed by atoms with Crippen molar-refractivity contribution >= 4 is 23.1 Å². The maximum absolute atomic E-state index is 11.3. The largest absolute Gasteiger partial charge is 0.391 e. The Hall–Kier alpha value is -2.21. The van der Waals surface area contributed by atoms with E-state index in [1.807, 2.05) is 23.2 Å². The summed E-state index contributed by atoms with van der Waals surface area (Å²) < 4.78 is 0. The van der Waals surface area contributed by atoms with E-state index in [4.69, 9.17) is 17.3 Å². The summed E-state index contributed by atoms with van der Waals surface area (Å²) in [5, 5.41) is 3.46. The molecule has 2 rings (SSSR count). The molecule has 0 amide bonds. The first kappa shape index (κ1) is 12.3. The summed E-state index contributed by atoms with van der Waals surface area (Å²) in [5.74, 6) is 0.184. The van der Waals surface area contributed by atoms with Gasteiger partial charge in [-0.3, -0.25) is 14.8 Å². The summed E-state index contributed by atoms with van der Waals surface area (Å²) in [6.45, 7) is 0.350. The van der Waals surface area contributed by atoms with E-state index in [9.17, 15) is 9.59 Å². The zero-order valence-corrected chi connectivity index (χ0v) is 10.0. The molecule has 0 saturated heterocycles. The minimum absolute atomic E-state index is 0.0679. The average Bonchev–Trinajstić information content (AvgIpc) is 2.33. The number of nitrogens with one attached hydrogen (secondary N) is 3. The highest BCUT2D eigenvalue weighted by Crippen LogP contribution is 2.16. The van der Waals surface area contributed by atoms with E-state index in [1.54, 1.807) is 6.07 Å². The van der Waals surface area contributed by atoms with Gasteiger partial charge in [0.1, 0.15) is 11.5 Å². The van der Waals surface area contributed by atoms with Gasteiger partial charge < -0.3 is 11.1 Å². The van der Waals surface area contributed by atoms with Crippen LogP contribution in [0.1, 0.15) is 5.56 Å². The molecule has 0 aliphatic carbocycles. The van der Waals surface area contributed by atoms with Crippen molar-refractivity contribution < 1.29 is 0 Å². The third-order valence-corrected chi connectivity index (χ3v) is 2.76. The predicted octanol–water partition coefficient (Wildman–Crippen LogP) is 0.911. The van der Waals surface area contributed by atoms with E-state index in [2.05, 4.69) is 10.3 Å². The van der Waals surface area contributed by atoms with Crippen LogP contribution in [0.3, 0.4) is 0 Å². The molecular weight excluding hydrogens is 256 g/mol. The summed E-state index contributed by atoms with van der Waals surface area (Å²) in [6.07, 6.45) is 0. The van der Waals surface area contributed by atoms with Crippen LogP contribution in [0.4, 0.5) is 11.5 Å². The normalized spacial score (nSPS) is 10.3. The first-order valence-electron chi connectivity index (χ1n) is 5.17. The number of aromatic amines is 2. The minimum atomic E-state index is -0.625. The van der Waals surface area contributed by atoms with Crippen molar-refractivity contribution in [1.82, 2.24) is 9.97 Å². The van der Waals surface area contributed by atoms with Gasteiger partial charge in [0.2, 0.25) is 0 Å². The third kappa shape index (κ3) is 2.54. The Kier molecular flexibility index (Phi) is 3.38. The molecule has 1 heterocycles.